The molecule has 0 saturated carbocycles. The Labute approximate surface area is 455 Å². The molecule has 1 aromatic rings. The maximum absolute atomic E-state index is 14.5. The Morgan fingerprint density at radius 3 is 2.36 bits per heavy atom. The number of aliphatic hydroxyl groups excluding tert-OH is 4. The highest BCUT2D eigenvalue weighted by atomic mass is 16.5. The van der Waals surface area contributed by atoms with Crippen molar-refractivity contribution in [3.05, 3.63) is 77.9 Å². The summed E-state index contributed by atoms with van der Waals surface area (Å²) in [4.78, 5) is 82.0. The van der Waals surface area contributed by atoms with E-state index in [0.717, 1.165) is 6.42 Å². The molecule has 3 saturated heterocycles. The van der Waals surface area contributed by atoms with Crippen molar-refractivity contribution in [3.8, 4) is 5.75 Å². The molecule has 4 aliphatic heterocycles. The molecule has 1 aromatic carbocycles. The van der Waals surface area contributed by atoms with E-state index in [-0.39, 0.29) is 73.3 Å². The number of nitrogens with zero attached hydrogens (tertiary/aromatic N) is 1. The first-order valence-corrected chi connectivity index (χ1v) is 28.0. The number of allylic oxidation sites excluding steroid dienone is 5. The van der Waals surface area contributed by atoms with Crippen molar-refractivity contribution < 1.29 is 63.8 Å². The molecule has 1 spiro atoms. The van der Waals surface area contributed by atoms with Crippen LogP contribution in [0.3, 0.4) is 0 Å². The zero-order chi connectivity index (χ0) is 56.7. The summed E-state index contributed by atoms with van der Waals surface area (Å²) in [6, 6.07) is 2.90. The van der Waals surface area contributed by atoms with E-state index < -0.39 is 102 Å². The molecule has 9 N–H and O–H groups in total. The maximum Gasteiger partial charge on any atom is 0.325 e. The number of aliphatic hydroxyl groups is 4. The number of esters is 1. The van der Waals surface area contributed by atoms with Crippen molar-refractivity contribution in [1.82, 2.24) is 26.4 Å². The van der Waals surface area contributed by atoms with Gasteiger partial charge in [-0.1, -0.05) is 103 Å². The molecule has 3 fully saturated rings. The van der Waals surface area contributed by atoms with Crippen LogP contribution in [-0.4, -0.2) is 133 Å². The SMILES string of the molecule is CC[C@@H]1CCC2(NC1=O)O[C@@H](C[C@H](O)[C@@H](C)CC/C=C/C=C(\C)[C@@H]1C/C=C/C=C/[C@@H](O)[C@H](C)[C@@H](O)[C@@H](CCC(C)=O)C(=O)NC(C(C)C)C(=O)N[C@@H](Cc3cccc(O)c3)C(=O)N3CCC[C@H](N3)C(=O)O1)[C@H](C)[C@H](O)[C@@H]2C. The van der Waals surface area contributed by atoms with Crippen LogP contribution in [0.4, 0.5) is 0 Å². The number of rotatable bonds is 15. The molecule has 5 rings (SSSR count). The van der Waals surface area contributed by atoms with Crippen LogP contribution in [0.5, 0.6) is 5.75 Å². The van der Waals surface area contributed by atoms with Gasteiger partial charge < -0.3 is 55.8 Å². The fourth-order valence-corrected chi connectivity index (χ4v) is 10.9. The summed E-state index contributed by atoms with van der Waals surface area (Å²) in [7, 11) is 0. The van der Waals surface area contributed by atoms with Gasteiger partial charge in [0.05, 0.1) is 36.4 Å². The minimum Gasteiger partial charge on any atom is -0.508 e. The number of Topliss-reactive ketones (excluding diaryl/α,β-unsaturated/α-hetero) is 1. The smallest absolute Gasteiger partial charge is 0.325 e. The van der Waals surface area contributed by atoms with Crippen molar-refractivity contribution in [2.24, 2.45) is 41.4 Å². The normalized spacial score (nSPS) is 34.3. The predicted molar refractivity (Wildman–Crippen MR) is 291 cm³/mol. The minimum absolute atomic E-state index is 0.0364. The number of phenolic OH excluding ortho intramolecular Hbond substituents is 1. The lowest BCUT2D eigenvalue weighted by molar-refractivity contribution is -0.250. The Bertz CT molecular complexity index is 2300. The van der Waals surface area contributed by atoms with Crippen molar-refractivity contribution in [2.45, 2.75) is 200 Å². The topological polar surface area (TPSA) is 273 Å². The van der Waals surface area contributed by atoms with Crippen LogP contribution in [0, 0.1) is 41.4 Å². The summed E-state index contributed by atoms with van der Waals surface area (Å²) in [5.41, 5.74) is 3.31. The molecule has 16 atom stereocenters. The second kappa shape index (κ2) is 29.1. The number of aromatic hydroxyl groups is 1. The number of hydrogen-bond acceptors (Lipinski definition) is 14. The molecule has 77 heavy (non-hydrogen) atoms. The summed E-state index contributed by atoms with van der Waals surface area (Å²) in [5, 5.41) is 65.8. The molecule has 18 heteroatoms. The second-order valence-corrected chi connectivity index (χ2v) is 22.7. The number of benzene rings is 1. The van der Waals surface area contributed by atoms with E-state index in [9.17, 15) is 54.3 Å². The number of nitrogens with one attached hydrogen (secondary N) is 4. The molecule has 18 nitrogen and oxygen atoms in total. The van der Waals surface area contributed by atoms with Crippen molar-refractivity contribution in [3.63, 3.8) is 0 Å². The number of amides is 4. The van der Waals surface area contributed by atoms with Gasteiger partial charge in [-0.15, -0.1) is 0 Å². The number of phenols is 1. The fourth-order valence-electron chi connectivity index (χ4n) is 10.9. The van der Waals surface area contributed by atoms with Crippen LogP contribution < -0.4 is 21.4 Å². The Balaban J connectivity index is 1.34. The first-order valence-electron chi connectivity index (χ1n) is 28.0. The van der Waals surface area contributed by atoms with Gasteiger partial charge in [0.15, 0.2) is 0 Å². The zero-order valence-electron chi connectivity index (χ0n) is 46.7. The number of carbonyl (C=O) groups excluding carboxylic acids is 6. The number of ether oxygens (including phenoxy) is 2. The van der Waals surface area contributed by atoms with Crippen LogP contribution in [-0.2, 0) is 44.7 Å². The lowest BCUT2D eigenvalue weighted by Gasteiger charge is -2.53. The Morgan fingerprint density at radius 1 is 0.948 bits per heavy atom. The van der Waals surface area contributed by atoms with E-state index in [2.05, 4.69) is 21.4 Å². The average molecular weight is 1080 g/mol. The highest BCUT2D eigenvalue weighted by Crippen LogP contribution is 2.43. The van der Waals surface area contributed by atoms with E-state index in [1.54, 1.807) is 51.1 Å². The lowest BCUT2D eigenvalue weighted by atomic mass is 9.73. The summed E-state index contributed by atoms with van der Waals surface area (Å²) in [6.07, 6.45) is 11.3. The van der Waals surface area contributed by atoms with Gasteiger partial charge in [0.25, 0.3) is 5.91 Å². The molecule has 4 amide bonds. The summed E-state index contributed by atoms with van der Waals surface area (Å²) in [6.45, 7) is 16.2. The quantitative estimate of drug-likeness (QED) is 0.0812. The number of hydrazine groups is 1. The number of cyclic esters (lactones) is 1. The molecular weight excluding hydrogens is 987 g/mol. The average Bonchev–Trinajstić information content (AvgIpc) is 3.41. The number of fused-ring (bicyclic) bond motifs is 2. The van der Waals surface area contributed by atoms with Gasteiger partial charge in [0.1, 0.15) is 41.5 Å². The summed E-state index contributed by atoms with van der Waals surface area (Å²) < 4.78 is 12.8. The number of carbonyl (C=O) groups is 6. The Morgan fingerprint density at radius 2 is 1.69 bits per heavy atom. The summed E-state index contributed by atoms with van der Waals surface area (Å²) >= 11 is 0. The minimum atomic E-state index is -1.43. The van der Waals surface area contributed by atoms with E-state index in [1.165, 1.54) is 30.1 Å². The molecule has 428 valence electrons. The standard InChI is InChI=1S/C59H89N5O13/c1-10-42-28-29-59(62-54(42)71)40(9)52(69)39(8)50(77-59)33-48(68)35(4)19-13-11-14-20-36(5)49-25-16-12-15-24-47(67)38(7)53(70)44(27-26-37(6)65)55(72)61-51(34(2)3)56(73)60-46(32-41-21-17-22-43(66)31-41)57(74)64-30-18-23-45(63-64)58(75)76-49/h11-12,14-17,20-22,24,31,34-35,38-40,42,44-53,63,66-70H,10,13,18-19,23,25-30,32-33H2,1-9H3,(H,60,73)(H,61,72)(H,62,71)/b14-11+,16-12+,24-15+,36-20+/t35-,38-,39-,40-,42+,44+,45-,46-,47+,48-,49-,50-,51?,52-,53+,59?/m0/s1. The third-order valence-electron chi connectivity index (χ3n) is 16.5. The van der Waals surface area contributed by atoms with Gasteiger partial charge in [-0.25, -0.2) is 5.43 Å². The van der Waals surface area contributed by atoms with Gasteiger partial charge >= 0.3 is 5.97 Å². The zero-order valence-corrected chi connectivity index (χ0v) is 46.7. The van der Waals surface area contributed by atoms with E-state index in [1.807, 2.05) is 52.8 Å². The first kappa shape index (κ1) is 62.6. The molecular formula is C59H89N5O13. The maximum atomic E-state index is 14.5. The van der Waals surface area contributed by atoms with Gasteiger partial charge in [0, 0.05) is 55.9 Å². The molecule has 0 aliphatic carbocycles. The molecule has 0 aromatic heterocycles. The van der Waals surface area contributed by atoms with Crippen LogP contribution >= 0.6 is 0 Å². The number of hydrogen-bond donors (Lipinski definition) is 9. The van der Waals surface area contributed by atoms with Crippen LogP contribution in [0.1, 0.15) is 139 Å². The van der Waals surface area contributed by atoms with Crippen LogP contribution in [0.2, 0.25) is 0 Å². The van der Waals surface area contributed by atoms with Crippen molar-refractivity contribution in [2.75, 3.05) is 6.54 Å². The van der Waals surface area contributed by atoms with Crippen molar-refractivity contribution in [1.29, 1.82) is 0 Å². The van der Waals surface area contributed by atoms with E-state index >= 15 is 0 Å². The highest BCUT2D eigenvalue weighted by Gasteiger charge is 2.54. The lowest BCUT2D eigenvalue weighted by Crippen LogP contribution is -2.67. The highest BCUT2D eigenvalue weighted by molar-refractivity contribution is 5.93. The van der Waals surface area contributed by atoms with Crippen molar-refractivity contribution >= 4 is 35.4 Å². The Hall–Kier alpha value is -5.24. The molecule has 2 bridgehead atoms. The van der Waals surface area contributed by atoms with E-state index in [4.69, 9.17) is 9.47 Å². The monoisotopic (exact) mass is 1080 g/mol. The molecule has 2 unspecified atom stereocenters. The number of ketones is 1. The molecule has 4 heterocycles. The van der Waals surface area contributed by atoms with Gasteiger partial charge in [-0.2, -0.15) is 0 Å². The van der Waals surface area contributed by atoms with Crippen LogP contribution in [0.25, 0.3) is 0 Å². The van der Waals surface area contributed by atoms with Gasteiger partial charge in [0.2, 0.25) is 17.7 Å². The largest absolute Gasteiger partial charge is 0.508 e. The third kappa shape index (κ3) is 17.1. The summed E-state index contributed by atoms with van der Waals surface area (Å²) in [5.74, 6) is -6.23. The van der Waals surface area contributed by atoms with E-state index in [0.29, 0.717) is 56.1 Å². The van der Waals surface area contributed by atoms with Gasteiger partial charge in [-0.05, 0) is 100 Å². The first-order chi connectivity index (χ1) is 36.5. The van der Waals surface area contributed by atoms with Gasteiger partial charge in [-0.3, -0.25) is 29.0 Å². The molecule has 4 aliphatic rings. The molecule has 0 radical (unpaired) electrons. The fraction of sp³-hybridized carbons (Fsp3) is 0.661. The van der Waals surface area contributed by atoms with Crippen LogP contribution in [0.15, 0.2) is 72.4 Å². The number of piperidine rings is 1. The predicted octanol–water partition coefficient (Wildman–Crippen LogP) is 5.16. The third-order valence-corrected chi connectivity index (χ3v) is 16.5. The second-order valence-electron chi connectivity index (χ2n) is 22.7. The Kier molecular flexibility index (Phi) is 23.7.